The molecule has 0 aliphatic heterocycles. The van der Waals surface area contributed by atoms with Gasteiger partial charge in [0, 0.05) is 4.48 Å². The SMILES string of the molecule is Cc1ccccc1/C(=C(/Br)C(C)C)c1ccccc1. The minimum absolute atomic E-state index is 0.467. The highest BCUT2D eigenvalue weighted by molar-refractivity contribution is 9.11. The number of hydrogen-bond donors (Lipinski definition) is 0. The summed E-state index contributed by atoms with van der Waals surface area (Å²) in [7, 11) is 0. The fraction of sp³-hybridized carbons (Fsp3) is 0.222. The number of hydrogen-bond acceptors (Lipinski definition) is 0. The molecular formula is C18H19Br. The smallest absolute Gasteiger partial charge is 0.00606 e. The molecule has 0 heterocycles. The first-order valence-corrected chi connectivity index (χ1v) is 7.41. The molecule has 2 aromatic carbocycles. The molecule has 0 nitrogen and oxygen atoms in total. The van der Waals surface area contributed by atoms with Gasteiger partial charge in [-0.15, -0.1) is 0 Å². The fourth-order valence-electron chi connectivity index (χ4n) is 2.17. The largest absolute Gasteiger partial charge is 0.0622 e. The van der Waals surface area contributed by atoms with E-state index in [9.17, 15) is 0 Å². The predicted octanol–water partition coefficient (Wildman–Crippen LogP) is 5.81. The Balaban J connectivity index is 2.67. The second kappa shape index (κ2) is 6.21. The Labute approximate surface area is 124 Å². The lowest BCUT2D eigenvalue weighted by molar-refractivity contribution is 0.822. The molecule has 0 aliphatic rings. The third kappa shape index (κ3) is 3.16. The van der Waals surface area contributed by atoms with E-state index in [0.717, 1.165) is 0 Å². The summed E-state index contributed by atoms with van der Waals surface area (Å²) in [6.07, 6.45) is 0. The van der Waals surface area contributed by atoms with E-state index in [1.54, 1.807) is 0 Å². The van der Waals surface area contributed by atoms with E-state index in [-0.39, 0.29) is 0 Å². The van der Waals surface area contributed by atoms with Gasteiger partial charge in [-0.3, -0.25) is 0 Å². The molecule has 0 aromatic heterocycles. The van der Waals surface area contributed by atoms with Crippen molar-refractivity contribution in [3.8, 4) is 0 Å². The van der Waals surface area contributed by atoms with E-state index in [2.05, 4.69) is 91.3 Å². The number of benzene rings is 2. The molecule has 0 spiro atoms. The van der Waals surface area contributed by atoms with Gasteiger partial charge in [-0.1, -0.05) is 84.4 Å². The Morgan fingerprint density at radius 2 is 1.47 bits per heavy atom. The predicted molar refractivity (Wildman–Crippen MR) is 87.4 cm³/mol. The van der Waals surface area contributed by atoms with Gasteiger partial charge >= 0.3 is 0 Å². The Morgan fingerprint density at radius 3 is 2.05 bits per heavy atom. The molecule has 98 valence electrons. The summed E-state index contributed by atoms with van der Waals surface area (Å²) in [6, 6.07) is 19.1. The van der Waals surface area contributed by atoms with Gasteiger partial charge in [0.15, 0.2) is 0 Å². The van der Waals surface area contributed by atoms with Gasteiger partial charge in [0.2, 0.25) is 0 Å². The molecule has 0 bridgehead atoms. The summed E-state index contributed by atoms with van der Waals surface area (Å²) in [6.45, 7) is 6.59. The van der Waals surface area contributed by atoms with Crippen molar-refractivity contribution >= 4 is 21.5 Å². The van der Waals surface area contributed by atoms with Crippen LogP contribution >= 0.6 is 15.9 Å². The van der Waals surface area contributed by atoms with Gasteiger partial charge in [0.1, 0.15) is 0 Å². The summed E-state index contributed by atoms with van der Waals surface area (Å²) in [5, 5.41) is 0. The van der Waals surface area contributed by atoms with Crippen LogP contribution in [0.4, 0.5) is 0 Å². The van der Waals surface area contributed by atoms with Crippen molar-refractivity contribution in [2.24, 2.45) is 5.92 Å². The van der Waals surface area contributed by atoms with Crippen molar-refractivity contribution in [2.75, 3.05) is 0 Å². The molecule has 0 saturated heterocycles. The van der Waals surface area contributed by atoms with Crippen LogP contribution in [0.15, 0.2) is 59.1 Å². The minimum atomic E-state index is 0.467. The maximum Gasteiger partial charge on any atom is 0.00606 e. The molecule has 0 aliphatic carbocycles. The molecular weight excluding hydrogens is 296 g/mol. The molecule has 1 heteroatoms. The van der Waals surface area contributed by atoms with Crippen LogP contribution in [0.25, 0.3) is 5.57 Å². The Hall–Kier alpha value is -1.34. The molecule has 0 unspecified atom stereocenters. The maximum absolute atomic E-state index is 3.80. The highest BCUT2D eigenvalue weighted by Crippen LogP contribution is 2.35. The van der Waals surface area contributed by atoms with Crippen LogP contribution in [0.2, 0.25) is 0 Å². The van der Waals surface area contributed by atoms with Crippen LogP contribution in [0.3, 0.4) is 0 Å². The Morgan fingerprint density at radius 1 is 0.895 bits per heavy atom. The summed E-state index contributed by atoms with van der Waals surface area (Å²) >= 11 is 3.80. The normalized spacial score (nSPS) is 12.5. The molecule has 19 heavy (non-hydrogen) atoms. The van der Waals surface area contributed by atoms with E-state index >= 15 is 0 Å². The number of rotatable bonds is 3. The summed E-state index contributed by atoms with van der Waals surface area (Å²) in [4.78, 5) is 0. The molecule has 0 amide bonds. The van der Waals surface area contributed by atoms with Crippen LogP contribution in [0, 0.1) is 12.8 Å². The monoisotopic (exact) mass is 314 g/mol. The zero-order valence-electron chi connectivity index (χ0n) is 11.7. The fourth-order valence-corrected chi connectivity index (χ4v) is 2.61. The summed E-state index contributed by atoms with van der Waals surface area (Å²) < 4.78 is 1.26. The molecule has 0 fully saturated rings. The topological polar surface area (TPSA) is 0 Å². The van der Waals surface area contributed by atoms with Gasteiger partial charge in [-0.05, 0) is 35.1 Å². The molecule has 0 radical (unpaired) electrons. The average Bonchev–Trinajstić information content (AvgIpc) is 2.42. The van der Waals surface area contributed by atoms with Crippen LogP contribution in [-0.4, -0.2) is 0 Å². The van der Waals surface area contributed by atoms with Gasteiger partial charge in [0.05, 0.1) is 0 Å². The Kier molecular flexibility index (Phi) is 4.60. The van der Waals surface area contributed by atoms with E-state index in [1.807, 2.05) is 0 Å². The van der Waals surface area contributed by atoms with Crippen LogP contribution < -0.4 is 0 Å². The lowest BCUT2D eigenvalue weighted by Crippen LogP contribution is -1.97. The third-order valence-electron chi connectivity index (χ3n) is 3.22. The molecule has 0 saturated carbocycles. The van der Waals surface area contributed by atoms with Gasteiger partial charge in [-0.25, -0.2) is 0 Å². The van der Waals surface area contributed by atoms with Gasteiger partial charge in [0.25, 0.3) is 0 Å². The molecule has 2 aromatic rings. The number of allylic oxidation sites excluding steroid dienone is 1. The van der Waals surface area contributed by atoms with E-state index < -0.39 is 0 Å². The number of halogens is 1. The zero-order valence-corrected chi connectivity index (χ0v) is 13.2. The lowest BCUT2D eigenvalue weighted by Gasteiger charge is -2.16. The maximum atomic E-state index is 3.80. The quantitative estimate of drug-likeness (QED) is 0.671. The highest BCUT2D eigenvalue weighted by atomic mass is 79.9. The van der Waals surface area contributed by atoms with Crippen molar-refractivity contribution in [1.29, 1.82) is 0 Å². The van der Waals surface area contributed by atoms with Gasteiger partial charge in [-0.2, -0.15) is 0 Å². The highest BCUT2D eigenvalue weighted by Gasteiger charge is 2.13. The van der Waals surface area contributed by atoms with E-state index in [4.69, 9.17) is 0 Å². The second-order valence-corrected chi connectivity index (χ2v) is 5.91. The van der Waals surface area contributed by atoms with Crippen LogP contribution in [0.5, 0.6) is 0 Å². The second-order valence-electron chi connectivity index (χ2n) is 5.06. The minimum Gasteiger partial charge on any atom is -0.0622 e. The van der Waals surface area contributed by atoms with Crippen molar-refractivity contribution in [3.05, 3.63) is 75.8 Å². The van der Waals surface area contributed by atoms with Crippen molar-refractivity contribution in [2.45, 2.75) is 20.8 Å². The summed E-state index contributed by atoms with van der Waals surface area (Å²) in [5.74, 6) is 0.467. The summed E-state index contributed by atoms with van der Waals surface area (Å²) in [5.41, 5.74) is 5.17. The molecule has 0 N–H and O–H groups in total. The average molecular weight is 315 g/mol. The first-order valence-electron chi connectivity index (χ1n) is 6.62. The lowest BCUT2D eigenvalue weighted by atomic mass is 9.92. The Bertz CT molecular complexity index is 580. The first kappa shape index (κ1) is 14.1. The zero-order chi connectivity index (χ0) is 13.8. The van der Waals surface area contributed by atoms with Crippen molar-refractivity contribution < 1.29 is 0 Å². The van der Waals surface area contributed by atoms with Gasteiger partial charge < -0.3 is 0 Å². The number of aryl methyl sites for hydroxylation is 1. The standard InChI is InChI=1S/C18H19Br/c1-13(2)18(19)17(15-10-5-4-6-11-15)16-12-8-7-9-14(16)3/h4-13H,1-3H3/b18-17+. The first-order chi connectivity index (χ1) is 9.11. The molecule has 0 atom stereocenters. The van der Waals surface area contributed by atoms with E-state index in [1.165, 1.54) is 26.7 Å². The van der Waals surface area contributed by atoms with Crippen LogP contribution in [0.1, 0.15) is 30.5 Å². The van der Waals surface area contributed by atoms with Crippen molar-refractivity contribution in [1.82, 2.24) is 0 Å². The third-order valence-corrected chi connectivity index (χ3v) is 4.53. The van der Waals surface area contributed by atoms with Crippen molar-refractivity contribution in [3.63, 3.8) is 0 Å². The van der Waals surface area contributed by atoms with Crippen LogP contribution in [-0.2, 0) is 0 Å². The molecule has 2 rings (SSSR count). The van der Waals surface area contributed by atoms with E-state index in [0.29, 0.717) is 5.92 Å².